The Labute approximate surface area is 145 Å². The second-order valence-corrected chi connectivity index (χ2v) is 5.99. The molecule has 0 aliphatic heterocycles. The Morgan fingerprint density at radius 2 is 1.75 bits per heavy atom. The molecule has 2 amide bonds. The molecule has 1 unspecified atom stereocenters. The van der Waals surface area contributed by atoms with Crippen LogP contribution in [-0.2, 0) is 0 Å². The van der Waals surface area contributed by atoms with Crippen molar-refractivity contribution < 1.29 is 14.7 Å². The average molecular weight is 347 g/mol. The molecule has 0 aromatic heterocycles. The topological polar surface area (TPSA) is 69.6 Å². The number of benzene rings is 2. The number of aliphatic hydroxyl groups excluding tert-OH is 1. The van der Waals surface area contributed by atoms with Gasteiger partial charge in [0.1, 0.15) is 0 Å². The van der Waals surface area contributed by atoms with Gasteiger partial charge in [0.05, 0.1) is 6.10 Å². The molecule has 0 fully saturated rings. The molecular weight excluding hydrogens is 328 g/mol. The minimum absolute atomic E-state index is 0.0618. The number of hydrogen-bond acceptors (Lipinski definition) is 3. The zero-order valence-electron chi connectivity index (χ0n) is 13.5. The molecule has 5 nitrogen and oxygen atoms in total. The summed E-state index contributed by atoms with van der Waals surface area (Å²) in [6.07, 6.45) is -0.835. The second kappa shape index (κ2) is 7.95. The van der Waals surface area contributed by atoms with Crippen LogP contribution in [0.1, 0.15) is 32.4 Å². The lowest BCUT2D eigenvalue weighted by atomic mass is 10.1. The van der Waals surface area contributed by atoms with Crippen molar-refractivity contribution in [3.63, 3.8) is 0 Å². The third kappa shape index (κ3) is 4.57. The first kappa shape index (κ1) is 18.0. The molecule has 2 N–H and O–H groups in total. The minimum atomic E-state index is -0.835. The third-order valence-electron chi connectivity index (χ3n) is 3.49. The fourth-order valence-electron chi connectivity index (χ4n) is 2.15. The highest BCUT2D eigenvalue weighted by Crippen LogP contribution is 2.16. The van der Waals surface area contributed by atoms with E-state index < -0.39 is 6.10 Å². The van der Waals surface area contributed by atoms with Crippen LogP contribution in [0.2, 0.25) is 5.02 Å². The first-order chi connectivity index (χ1) is 11.4. The Morgan fingerprint density at radius 1 is 1.12 bits per heavy atom. The molecule has 0 radical (unpaired) electrons. The van der Waals surface area contributed by atoms with Crippen molar-refractivity contribution in [2.24, 2.45) is 0 Å². The lowest BCUT2D eigenvalue weighted by Crippen LogP contribution is -2.29. The number of halogens is 1. The van der Waals surface area contributed by atoms with Gasteiger partial charge < -0.3 is 15.3 Å². The molecule has 0 heterocycles. The summed E-state index contributed by atoms with van der Waals surface area (Å²) in [5.41, 5.74) is 1.47. The van der Waals surface area contributed by atoms with E-state index in [1.54, 1.807) is 56.6 Å². The lowest BCUT2D eigenvalue weighted by molar-refractivity contribution is 0.0827. The van der Waals surface area contributed by atoms with E-state index >= 15 is 0 Å². The van der Waals surface area contributed by atoms with Gasteiger partial charge in [0.15, 0.2) is 0 Å². The van der Waals surface area contributed by atoms with E-state index in [-0.39, 0.29) is 18.4 Å². The van der Waals surface area contributed by atoms with Crippen LogP contribution in [0.25, 0.3) is 0 Å². The molecule has 0 saturated heterocycles. The fourth-order valence-corrected chi connectivity index (χ4v) is 2.27. The molecule has 0 bridgehead atoms. The SMILES string of the molecule is CN(C)C(=O)c1cccc(C(=O)NCC(O)c2ccc(Cl)cc2)c1. The second-order valence-electron chi connectivity index (χ2n) is 5.56. The van der Waals surface area contributed by atoms with Gasteiger partial charge in [-0.25, -0.2) is 0 Å². The summed E-state index contributed by atoms with van der Waals surface area (Å²) >= 11 is 5.80. The maximum atomic E-state index is 12.2. The van der Waals surface area contributed by atoms with E-state index in [4.69, 9.17) is 11.6 Å². The van der Waals surface area contributed by atoms with E-state index in [1.807, 2.05) is 0 Å². The molecule has 1 atom stereocenters. The molecule has 24 heavy (non-hydrogen) atoms. The van der Waals surface area contributed by atoms with Crippen molar-refractivity contribution in [1.82, 2.24) is 10.2 Å². The van der Waals surface area contributed by atoms with E-state index in [2.05, 4.69) is 5.32 Å². The monoisotopic (exact) mass is 346 g/mol. The van der Waals surface area contributed by atoms with Crippen molar-refractivity contribution >= 4 is 23.4 Å². The zero-order valence-corrected chi connectivity index (χ0v) is 14.2. The fraction of sp³-hybridized carbons (Fsp3) is 0.222. The minimum Gasteiger partial charge on any atom is -0.387 e. The van der Waals surface area contributed by atoms with Crippen LogP contribution in [-0.4, -0.2) is 42.5 Å². The number of nitrogens with one attached hydrogen (secondary N) is 1. The van der Waals surface area contributed by atoms with Crippen LogP contribution < -0.4 is 5.32 Å². The Morgan fingerprint density at radius 3 is 2.38 bits per heavy atom. The van der Waals surface area contributed by atoms with Crippen molar-refractivity contribution in [2.75, 3.05) is 20.6 Å². The number of nitrogens with zero attached hydrogens (tertiary/aromatic N) is 1. The predicted molar refractivity (Wildman–Crippen MR) is 93.2 cm³/mol. The van der Waals surface area contributed by atoms with E-state index in [9.17, 15) is 14.7 Å². The highest BCUT2D eigenvalue weighted by Gasteiger charge is 2.13. The van der Waals surface area contributed by atoms with Gasteiger partial charge in [0.2, 0.25) is 0 Å². The number of amides is 2. The average Bonchev–Trinajstić information content (AvgIpc) is 2.59. The molecule has 0 spiro atoms. The molecule has 126 valence electrons. The highest BCUT2D eigenvalue weighted by atomic mass is 35.5. The number of aliphatic hydroxyl groups is 1. The maximum Gasteiger partial charge on any atom is 0.253 e. The van der Waals surface area contributed by atoms with Gasteiger partial charge in [-0.3, -0.25) is 9.59 Å². The smallest absolute Gasteiger partial charge is 0.253 e. The third-order valence-corrected chi connectivity index (χ3v) is 3.74. The van der Waals surface area contributed by atoms with Crippen molar-refractivity contribution in [2.45, 2.75) is 6.10 Å². The summed E-state index contributed by atoms with van der Waals surface area (Å²) < 4.78 is 0. The molecule has 6 heteroatoms. The van der Waals surface area contributed by atoms with Crippen LogP contribution in [0.5, 0.6) is 0 Å². The summed E-state index contributed by atoms with van der Waals surface area (Å²) in [5.74, 6) is -0.526. The van der Waals surface area contributed by atoms with Gasteiger partial charge in [-0.2, -0.15) is 0 Å². The van der Waals surface area contributed by atoms with E-state index in [1.165, 1.54) is 11.0 Å². The number of carbonyl (C=O) groups is 2. The molecule has 2 aromatic rings. The molecule has 0 aliphatic carbocycles. The predicted octanol–water partition coefficient (Wildman–Crippen LogP) is 2.51. The lowest BCUT2D eigenvalue weighted by Gasteiger charge is -2.13. The number of rotatable bonds is 5. The first-order valence-corrected chi connectivity index (χ1v) is 7.79. The normalized spacial score (nSPS) is 11.7. The van der Waals surface area contributed by atoms with Crippen LogP contribution in [0.4, 0.5) is 0 Å². The Bertz CT molecular complexity index is 729. The van der Waals surface area contributed by atoms with Gasteiger partial charge in [0, 0.05) is 36.8 Å². The summed E-state index contributed by atoms with van der Waals surface area (Å²) in [6, 6.07) is 13.2. The quantitative estimate of drug-likeness (QED) is 0.874. The van der Waals surface area contributed by atoms with Crippen LogP contribution in [0.3, 0.4) is 0 Å². The summed E-state index contributed by atoms with van der Waals surface area (Å²) in [5, 5.41) is 13.3. The molecule has 0 saturated carbocycles. The molecule has 0 aliphatic rings. The Balaban J connectivity index is 2.01. The zero-order chi connectivity index (χ0) is 17.7. The Hall–Kier alpha value is -2.37. The van der Waals surface area contributed by atoms with E-state index in [0.717, 1.165) is 0 Å². The van der Waals surface area contributed by atoms with Gasteiger partial charge in [-0.15, -0.1) is 0 Å². The first-order valence-electron chi connectivity index (χ1n) is 7.42. The van der Waals surface area contributed by atoms with E-state index in [0.29, 0.717) is 21.7 Å². The van der Waals surface area contributed by atoms with Crippen LogP contribution in [0.15, 0.2) is 48.5 Å². The van der Waals surface area contributed by atoms with Crippen LogP contribution in [0, 0.1) is 0 Å². The van der Waals surface area contributed by atoms with Crippen LogP contribution >= 0.6 is 11.6 Å². The van der Waals surface area contributed by atoms with Gasteiger partial charge in [-0.05, 0) is 35.9 Å². The Kier molecular flexibility index (Phi) is 5.95. The van der Waals surface area contributed by atoms with Crippen molar-refractivity contribution in [3.8, 4) is 0 Å². The highest BCUT2D eigenvalue weighted by molar-refractivity contribution is 6.30. The van der Waals surface area contributed by atoms with Crippen molar-refractivity contribution in [1.29, 1.82) is 0 Å². The summed E-state index contributed by atoms with van der Waals surface area (Å²) in [4.78, 5) is 25.6. The molecule has 2 aromatic carbocycles. The largest absolute Gasteiger partial charge is 0.387 e. The van der Waals surface area contributed by atoms with Gasteiger partial charge in [-0.1, -0.05) is 29.8 Å². The molecule has 2 rings (SSSR count). The molecular formula is C18H19ClN2O3. The number of hydrogen-bond donors (Lipinski definition) is 2. The van der Waals surface area contributed by atoms with Gasteiger partial charge in [0.25, 0.3) is 11.8 Å². The van der Waals surface area contributed by atoms with Gasteiger partial charge >= 0.3 is 0 Å². The van der Waals surface area contributed by atoms with Crippen molar-refractivity contribution in [3.05, 3.63) is 70.2 Å². The standard InChI is InChI=1S/C18H19ClN2O3/c1-21(2)18(24)14-5-3-4-13(10-14)17(23)20-11-16(22)12-6-8-15(19)9-7-12/h3-10,16,22H,11H2,1-2H3,(H,20,23). The summed E-state index contributed by atoms with van der Waals surface area (Å²) in [7, 11) is 3.30. The summed E-state index contributed by atoms with van der Waals surface area (Å²) in [6.45, 7) is 0.0618. The number of carbonyl (C=O) groups excluding carboxylic acids is 2. The maximum absolute atomic E-state index is 12.2.